The monoisotopic (exact) mass is 256 g/mol. The fourth-order valence-corrected chi connectivity index (χ4v) is 2.58. The van der Waals surface area contributed by atoms with Crippen molar-refractivity contribution in [2.45, 2.75) is 25.3 Å². The van der Waals surface area contributed by atoms with E-state index in [4.69, 9.17) is 0 Å². The van der Waals surface area contributed by atoms with Gasteiger partial charge in [0, 0.05) is 24.0 Å². The summed E-state index contributed by atoms with van der Waals surface area (Å²) in [6.45, 7) is 1.07. The molecule has 0 radical (unpaired) electrons. The predicted molar refractivity (Wildman–Crippen MR) is 74.2 cm³/mol. The third kappa shape index (κ3) is 2.82. The van der Waals surface area contributed by atoms with Crippen molar-refractivity contribution in [2.75, 3.05) is 6.54 Å². The van der Waals surface area contributed by atoms with Crippen LogP contribution in [0, 0.1) is 5.82 Å². The normalized spacial score (nSPS) is 19.3. The van der Waals surface area contributed by atoms with E-state index in [-0.39, 0.29) is 5.82 Å². The molecule has 0 amide bonds. The molecule has 1 aromatic heterocycles. The second-order valence-electron chi connectivity index (χ2n) is 5.02. The van der Waals surface area contributed by atoms with Gasteiger partial charge in [-0.05, 0) is 48.7 Å². The van der Waals surface area contributed by atoms with Crippen molar-refractivity contribution < 1.29 is 4.39 Å². The summed E-state index contributed by atoms with van der Waals surface area (Å²) in [6.07, 6.45) is 7.43. The Balaban J connectivity index is 1.88. The molecule has 2 nitrogen and oxygen atoms in total. The van der Waals surface area contributed by atoms with E-state index < -0.39 is 0 Å². The van der Waals surface area contributed by atoms with Crippen LogP contribution >= 0.6 is 0 Å². The van der Waals surface area contributed by atoms with E-state index in [0.29, 0.717) is 6.04 Å². The number of rotatable bonds is 2. The number of aromatic nitrogens is 1. The molecule has 1 atom stereocenters. The Morgan fingerprint density at radius 1 is 1.05 bits per heavy atom. The SMILES string of the molecule is Fc1ccc(-c2cncc(C3CCCCN3)c2)cc1. The Morgan fingerprint density at radius 3 is 2.63 bits per heavy atom. The molecule has 98 valence electrons. The molecule has 1 saturated heterocycles. The van der Waals surface area contributed by atoms with Crippen molar-refractivity contribution in [3.05, 3.63) is 54.1 Å². The summed E-state index contributed by atoms with van der Waals surface area (Å²) in [7, 11) is 0. The molecule has 1 aliphatic rings. The van der Waals surface area contributed by atoms with Crippen molar-refractivity contribution in [3.63, 3.8) is 0 Å². The zero-order valence-electron chi connectivity index (χ0n) is 10.8. The van der Waals surface area contributed by atoms with E-state index in [0.717, 1.165) is 24.1 Å². The maximum atomic E-state index is 12.9. The molecule has 3 heteroatoms. The molecule has 1 N–H and O–H groups in total. The summed E-state index contributed by atoms with van der Waals surface area (Å²) in [5.41, 5.74) is 3.28. The van der Waals surface area contributed by atoms with Gasteiger partial charge in [-0.2, -0.15) is 0 Å². The standard InChI is InChI=1S/C16H17FN2/c17-15-6-4-12(5-7-15)13-9-14(11-18-10-13)16-3-1-2-8-19-16/h4-7,9-11,16,19H,1-3,8H2. The van der Waals surface area contributed by atoms with Gasteiger partial charge >= 0.3 is 0 Å². The van der Waals surface area contributed by atoms with Crippen molar-refractivity contribution >= 4 is 0 Å². The van der Waals surface area contributed by atoms with Gasteiger partial charge in [0.05, 0.1) is 0 Å². The lowest BCUT2D eigenvalue weighted by atomic mass is 9.96. The summed E-state index contributed by atoms with van der Waals surface area (Å²) in [6, 6.07) is 9.13. The Kier molecular flexibility index (Phi) is 3.56. The van der Waals surface area contributed by atoms with Crippen LogP contribution in [0.3, 0.4) is 0 Å². The zero-order chi connectivity index (χ0) is 13.1. The van der Waals surface area contributed by atoms with Crippen molar-refractivity contribution in [1.29, 1.82) is 0 Å². The minimum atomic E-state index is -0.207. The van der Waals surface area contributed by atoms with Crippen LogP contribution in [0.1, 0.15) is 30.9 Å². The summed E-state index contributed by atoms with van der Waals surface area (Å²) < 4.78 is 12.9. The number of halogens is 1. The molecule has 0 spiro atoms. The first-order chi connectivity index (χ1) is 9.33. The lowest BCUT2D eigenvalue weighted by Gasteiger charge is -2.23. The minimum absolute atomic E-state index is 0.207. The van der Waals surface area contributed by atoms with Crippen molar-refractivity contribution in [1.82, 2.24) is 10.3 Å². The summed E-state index contributed by atoms with van der Waals surface area (Å²) >= 11 is 0. The number of pyridine rings is 1. The Morgan fingerprint density at radius 2 is 1.89 bits per heavy atom. The van der Waals surface area contributed by atoms with Gasteiger partial charge in [0.1, 0.15) is 5.82 Å². The number of hydrogen-bond acceptors (Lipinski definition) is 2. The van der Waals surface area contributed by atoms with E-state index in [1.807, 2.05) is 12.4 Å². The first-order valence-electron chi connectivity index (χ1n) is 6.77. The van der Waals surface area contributed by atoms with Gasteiger partial charge in [0.2, 0.25) is 0 Å². The smallest absolute Gasteiger partial charge is 0.123 e. The molecule has 2 aromatic rings. The summed E-state index contributed by atoms with van der Waals surface area (Å²) in [5.74, 6) is -0.207. The third-order valence-corrected chi connectivity index (χ3v) is 3.65. The molecular formula is C16H17FN2. The highest BCUT2D eigenvalue weighted by atomic mass is 19.1. The number of nitrogens with zero attached hydrogens (tertiary/aromatic N) is 1. The fraction of sp³-hybridized carbons (Fsp3) is 0.312. The van der Waals surface area contributed by atoms with Gasteiger partial charge in [-0.3, -0.25) is 4.98 Å². The van der Waals surface area contributed by atoms with E-state index in [2.05, 4.69) is 16.4 Å². The quantitative estimate of drug-likeness (QED) is 0.886. The van der Waals surface area contributed by atoms with Gasteiger partial charge < -0.3 is 5.32 Å². The second kappa shape index (κ2) is 5.49. The maximum Gasteiger partial charge on any atom is 0.123 e. The average Bonchev–Trinajstić information content (AvgIpc) is 2.49. The molecule has 19 heavy (non-hydrogen) atoms. The van der Waals surface area contributed by atoms with Crippen LogP contribution in [0.15, 0.2) is 42.7 Å². The van der Waals surface area contributed by atoms with E-state index >= 15 is 0 Å². The van der Waals surface area contributed by atoms with Crippen molar-refractivity contribution in [2.24, 2.45) is 0 Å². The topological polar surface area (TPSA) is 24.9 Å². The first-order valence-corrected chi connectivity index (χ1v) is 6.77. The van der Waals surface area contributed by atoms with Gasteiger partial charge in [0.15, 0.2) is 0 Å². The second-order valence-corrected chi connectivity index (χ2v) is 5.02. The summed E-state index contributed by atoms with van der Waals surface area (Å²) in [5, 5.41) is 3.52. The molecular weight excluding hydrogens is 239 g/mol. The molecule has 1 unspecified atom stereocenters. The Bertz CT molecular complexity index is 545. The first kappa shape index (κ1) is 12.3. The molecule has 2 heterocycles. The molecule has 1 aromatic carbocycles. The Labute approximate surface area is 112 Å². The number of piperidine rings is 1. The van der Waals surface area contributed by atoms with Crippen LogP contribution in [-0.2, 0) is 0 Å². The molecule has 0 aliphatic carbocycles. The van der Waals surface area contributed by atoms with Crippen molar-refractivity contribution in [3.8, 4) is 11.1 Å². The van der Waals surface area contributed by atoms with Gasteiger partial charge in [0.25, 0.3) is 0 Å². The van der Waals surface area contributed by atoms with E-state index in [9.17, 15) is 4.39 Å². The molecule has 0 bridgehead atoms. The highest BCUT2D eigenvalue weighted by Crippen LogP contribution is 2.26. The Hall–Kier alpha value is -1.74. The number of nitrogens with one attached hydrogen (secondary N) is 1. The largest absolute Gasteiger partial charge is 0.310 e. The molecule has 0 saturated carbocycles. The number of benzene rings is 1. The maximum absolute atomic E-state index is 12.9. The zero-order valence-corrected chi connectivity index (χ0v) is 10.8. The lowest BCUT2D eigenvalue weighted by Crippen LogP contribution is -2.26. The summed E-state index contributed by atoms with van der Waals surface area (Å²) in [4.78, 5) is 4.32. The molecule has 1 aliphatic heterocycles. The van der Waals surface area contributed by atoms with Crippen LogP contribution in [0.25, 0.3) is 11.1 Å². The van der Waals surface area contributed by atoms with Gasteiger partial charge in [-0.1, -0.05) is 18.6 Å². The molecule has 3 rings (SSSR count). The minimum Gasteiger partial charge on any atom is -0.310 e. The number of hydrogen-bond donors (Lipinski definition) is 1. The van der Waals surface area contributed by atoms with Gasteiger partial charge in [-0.15, -0.1) is 0 Å². The molecule has 1 fully saturated rings. The van der Waals surface area contributed by atoms with E-state index in [1.165, 1.54) is 30.5 Å². The highest BCUT2D eigenvalue weighted by Gasteiger charge is 2.15. The van der Waals surface area contributed by atoms with Crippen LogP contribution in [0.4, 0.5) is 4.39 Å². The highest BCUT2D eigenvalue weighted by molar-refractivity contribution is 5.63. The van der Waals surface area contributed by atoms with E-state index in [1.54, 1.807) is 12.1 Å². The van der Waals surface area contributed by atoms with Crippen LogP contribution in [0.5, 0.6) is 0 Å². The predicted octanol–water partition coefficient (Wildman–Crippen LogP) is 3.70. The average molecular weight is 256 g/mol. The lowest BCUT2D eigenvalue weighted by molar-refractivity contribution is 0.411. The third-order valence-electron chi connectivity index (χ3n) is 3.65. The van der Waals surface area contributed by atoms with Crippen LogP contribution in [0.2, 0.25) is 0 Å². The van der Waals surface area contributed by atoms with Crippen LogP contribution in [-0.4, -0.2) is 11.5 Å². The van der Waals surface area contributed by atoms with Crippen LogP contribution < -0.4 is 5.32 Å². The van der Waals surface area contributed by atoms with Gasteiger partial charge in [-0.25, -0.2) is 4.39 Å². The fourth-order valence-electron chi connectivity index (χ4n) is 2.58.